The third-order valence-electron chi connectivity index (χ3n) is 7.37. The van der Waals surface area contributed by atoms with Crippen LogP contribution in [-0.2, 0) is 18.1 Å². The minimum absolute atomic E-state index is 0.274. The second-order valence-electron chi connectivity index (χ2n) is 9.71. The van der Waals surface area contributed by atoms with Crippen LogP contribution in [0.4, 0.5) is 4.39 Å². The van der Waals surface area contributed by atoms with E-state index in [0.29, 0.717) is 17.2 Å². The summed E-state index contributed by atoms with van der Waals surface area (Å²) in [5, 5.41) is 4.34. The van der Waals surface area contributed by atoms with Crippen molar-refractivity contribution in [2.24, 2.45) is 10.1 Å². The molecule has 1 aliphatic heterocycles. The maximum Gasteiger partial charge on any atom is 0.161 e. The van der Waals surface area contributed by atoms with Crippen LogP contribution in [-0.4, -0.2) is 31.7 Å². The van der Waals surface area contributed by atoms with E-state index >= 15 is 0 Å². The summed E-state index contributed by atoms with van der Waals surface area (Å²) in [6.45, 7) is 1.73. The lowest BCUT2D eigenvalue weighted by Gasteiger charge is -2.35. The zero-order chi connectivity index (χ0) is 25.8. The molecule has 1 fully saturated rings. The molecule has 2 atom stereocenters. The third-order valence-corrected chi connectivity index (χ3v) is 7.37. The first-order chi connectivity index (χ1) is 18.1. The Balaban J connectivity index is 1.45. The number of hydrogen-bond donors (Lipinski definition) is 0. The molecule has 0 N–H and O–H groups in total. The summed E-state index contributed by atoms with van der Waals surface area (Å²) in [6, 6.07) is 20.1. The van der Waals surface area contributed by atoms with Gasteiger partial charge in [0.15, 0.2) is 11.5 Å². The van der Waals surface area contributed by atoms with Crippen molar-refractivity contribution in [2.75, 3.05) is 14.2 Å². The molecule has 2 aliphatic rings. The lowest BCUT2D eigenvalue weighted by Crippen LogP contribution is -2.29. The number of oxime groups is 1. The van der Waals surface area contributed by atoms with E-state index in [1.807, 2.05) is 31.2 Å². The van der Waals surface area contributed by atoms with E-state index in [9.17, 15) is 4.39 Å². The lowest BCUT2D eigenvalue weighted by atomic mass is 9.75. The summed E-state index contributed by atoms with van der Waals surface area (Å²) in [5.41, 5.74) is 7.68. The fourth-order valence-corrected chi connectivity index (χ4v) is 5.45. The van der Waals surface area contributed by atoms with Gasteiger partial charge in [-0.1, -0.05) is 54.4 Å². The molecule has 6 heteroatoms. The Kier molecular flexibility index (Phi) is 7.54. The lowest BCUT2D eigenvalue weighted by molar-refractivity contribution is 0.130. The third kappa shape index (κ3) is 5.24. The number of rotatable bonds is 8. The van der Waals surface area contributed by atoms with Gasteiger partial charge in [-0.2, -0.15) is 0 Å². The van der Waals surface area contributed by atoms with E-state index in [-0.39, 0.29) is 12.6 Å². The Morgan fingerprint density at radius 3 is 2.51 bits per heavy atom. The molecule has 37 heavy (non-hydrogen) atoms. The van der Waals surface area contributed by atoms with Crippen molar-refractivity contribution in [2.45, 2.75) is 57.8 Å². The molecule has 0 spiro atoms. The largest absolute Gasteiger partial charge is 0.493 e. The molecule has 0 amide bonds. The zero-order valence-electron chi connectivity index (χ0n) is 21.7. The fourth-order valence-electron chi connectivity index (χ4n) is 5.45. The van der Waals surface area contributed by atoms with Crippen LogP contribution in [0.25, 0.3) is 0 Å². The number of nitrogens with zero attached hydrogens (tertiary/aromatic N) is 2. The van der Waals surface area contributed by atoms with Crippen LogP contribution >= 0.6 is 0 Å². The Bertz CT molecular complexity index is 1330. The second-order valence-corrected chi connectivity index (χ2v) is 9.71. The molecule has 1 aliphatic carbocycles. The molecule has 5 nitrogen and oxygen atoms in total. The Morgan fingerprint density at radius 1 is 0.946 bits per heavy atom. The maximum absolute atomic E-state index is 12.9. The molecule has 0 bridgehead atoms. The van der Waals surface area contributed by atoms with Crippen molar-refractivity contribution in [1.29, 1.82) is 0 Å². The summed E-state index contributed by atoms with van der Waals surface area (Å²) in [6.07, 6.45) is 4.67. The highest BCUT2D eigenvalue weighted by molar-refractivity contribution is 6.16. The number of halogens is 1. The molecule has 3 aromatic rings. The van der Waals surface area contributed by atoms with Crippen LogP contribution in [0, 0.1) is 0 Å². The van der Waals surface area contributed by atoms with Gasteiger partial charge in [0.25, 0.3) is 0 Å². The maximum atomic E-state index is 12.9. The van der Waals surface area contributed by atoms with Crippen molar-refractivity contribution >= 4 is 11.4 Å². The van der Waals surface area contributed by atoms with Gasteiger partial charge in [0, 0.05) is 17.0 Å². The van der Waals surface area contributed by atoms with Crippen LogP contribution in [0.15, 0.2) is 70.8 Å². The summed E-state index contributed by atoms with van der Waals surface area (Å²) >= 11 is 0. The van der Waals surface area contributed by atoms with Gasteiger partial charge in [-0.25, -0.2) is 4.39 Å². The van der Waals surface area contributed by atoms with Gasteiger partial charge in [-0.05, 0) is 66.3 Å². The smallest absolute Gasteiger partial charge is 0.161 e. The van der Waals surface area contributed by atoms with E-state index in [4.69, 9.17) is 19.3 Å². The van der Waals surface area contributed by atoms with Gasteiger partial charge in [0.05, 0.1) is 31.7 Å². The fraction of sp³-hybridized carbons (Fsp3) is 0.355. The summed E-state index contributed by atoms with van der Waals surface area (Å²) < 4.78 is 24.2. The van der Waals surface area contributed by atoms with Gasteiger partial charge >= 0.3 is 0 Å². The molecule has 192 valence electrons. The van der Waals surface area contributed by atoms with Crippen molar-refractivity contribution < 1.29 is 18.7 Å². The average Bonchev–Trinajstić information content (AvgIpc) is 2.96. The molecule has 5 rings (SSSR count). The quantitative estimate of drug-likeness (QED) is 0.247. The molecule has 1 heterocycles. The molecular weight excluding hydrogens is 467 g/mol. The predicted molar refractivity (Wildman–Crippen MR) is 145 cm³/mol. The first kappa shape index (κ1) is 25.0. The number of methoxy groups -OCH3 is 2. The first-order valence-electron chi connectivity index (χ1n) is 12.9. The number of ether oxygens (including phenoxy) is 2. The summed E-state index contributed by atoms with van der Waals surface area (Å²) in [7, 11) is 3.35. The molecule has 0 aromatic heterocycles. The van der Waals surface area contributed by atoms with E-state index in [2.05, 4.69) is 29.4 Å². The predicted octanol–water partition coefficient (Wildman–Crippen LogP) is 6.99. The van der Waals surface area contributed by atoms with Crippen LogP contribution in [0.5, 0.6) is 11.5 Å². The molecule has 3 aromatic carbocycles. The molecule has 0 saturated heterocycles. The Hall–Kier alpha value is -3.67. The van der Waals surface area contributed by atoms with E-state index in [1.165, 1.54) is 18.4 Å². The molecular formula is C31H33FN2O3. The molecule has 0 unspecified atom stereocenters. The van der Waals surface area contributed by atoms with E-state index in [0.717, 1.165) is 52.3 Å². The minimum atomic E-state index is -0.490. The van der Waals surface area contributed by atoms with Crippen molar-refractivity contribution in [3.63, 3.8) is 0 Å². The topological polar surface area (TPSA) is 52.4 Å². The van der Waals surface area contributed by atoms with Crippen molar-refractivity contribution in [3.8, 4) is 11.5 Å². The number of alkyl halides is 1. The molecule has 0 radical (unpaired) electrons. The van der Waals surface area contributed by atoms with Crippen LogP contribution < -0.4 is 9.47 Å². The number of fused-ring (bicyclic) bond motifs is 3. The first-order valence-corrected chi connectivity index (χ1v) is 12.9. The number of benzene rings is 3. The van der Waals surface area contributed by atoms with Crippen molar-refractivity contribution in [3.05, 3.63) is 94.0 Å². The van der Waals surface area contributed by atoms with Crippen LogP contribution in [0.3, 0.4) is 0 Å². The highest BCUT2D eigenvalue weighted by Gasteiger charge is 2.34. The van der Waals surface area contributed by atoms with Crippen LogP contribution in [0.2, 0.25) is 0 Å². The summed E-state index contributed by atoms with van der Waals surface area (Å²) in [5.74, 6) is 1.88. The van der Waals surface area contributed by atoms with Gasteiger partial charge < -0.3 is 14.3 Å². The summed E-state index contributed by atoms with van der Waals surface area (Å²) in [4.78, 5) is 10.9. The average molecular weight is 501 g/mol. The van der Waals surface area contributed by atoms with E-state index < -0.39 is 6.67 Å². The van der Waals surface area contributed by atoms with Gasteiger partial charge in [-0.3, -0.25) is 4.99 Å². The van der Waals surface area contributed by atoms with Gasteiger partial charge in [-0.15, -0.1) is 0 Å². The highest BCUT2D eigenvalue weighted by Crippen LogP contribution is 2.44. The monoisotopic (exact) mass is 500 g/mol. The van der Waals surface area contributed by atoms with E-state index in [1.54, 1.807) is 26.4 Å². The van der Waals surface area contributed by atoms with Crippen molar-refractivity contribution in [1.82, 2.24) is 0 Å². The normalized spacial score (nSPS) is 18.9. The highest BCUT2D eigenvalue weighted by atomic mass is 19.1. The minimum Gasteiger partial charge on any atom is -0.493 e. The standard InChI is InChI=1S/C31H33FN2O3/c1-20(34-37-19-22-9-6-8-21(14-22)18-32)23-10-7-11-24(15-23)31-27-17-30(36-3)29(35-2)16-26(27)25-12-4-5-13-28(25)33-31/h6-11,14-17,25,28H,4-5,12-13,18-19H2,1-3H3/t25-,28-/m1/s1. The Labute approximate surface area is 218 Å². The van der Waals surface area contributed by atoms with Crippen LogP contribution in [0.1, 0.15) is 71.9 Å². The number of hydrogen-bond acceptors (Lipinski definition) is 5. The van der Waals surface area contributed by atoms with Gasteiger partial charge in [0.2, 0.25) is 0 Å². The molecule has 1 saturated carbocycles. The van der Waals surface area contributed by atoms with Gasteiger partial charge in [0.1, 0.15) is 13.3 Å². The Morgan fingerprint density at radius 2 is 1.70 bits per heavy atom. The SMILES string of the molecule is COc1cc2c(cc1OC)[C@H]1CCCC[C@H]1N=C2c1cccc(C(C)=NOCc2cccc(CF)c2)c1. The zero-order valence-corrected chi connectivity index (χ0v) is 21.7. The second kappa shape index (κ2) is 11.2. The number of aliphatic imine (C=N–C) groups is 1.